The molecule has 1 atom stereocenters. The molecule has 0 aromatic heterocycles. The Morgan fingerprint density at radius 3 is 2.29 bits per heavy atom. The summed E-state index contributed by atoms with van der Waals surface area (Å²) in [5.74, 6) is 0.466. The maximum absolute atomic E-state index is 12.6. The van der Waals surface area contributed by atoms with Gasteiger partial charge in [-0.25, -0.2) is 8.42 Å². The summed E-state index contributed by atoms with van der Waals surface area (Å²) < 4.78 is 27.7. The number of amides is 1. The SMILES string of the molecule is Cc1ccc(N2C(=O)CSC2c2ccc(NS(=O)(=O)c3ccc(Cl)cc3)cc2)cc1C. The van der Waals surface area contributed by atoms with Crippen molar-refractivity contribution in [1.82, 2.24) is 0 Å². The molecule has 0 saturated carbocycles. The Kier molecular flexibility index (Phi) is 6.01. The van der Waals surface area contributed by atoms with Crippen LogP contribution in [0.25, 0.3) is 0 Å². The minimum atomic E-state index is -3.71. The lowest BCUT2D eigenvalue weighted by atomic mass is 10.1. The van der Waals surface area contributed by atoms with E-state index in [0.29, 0.717) is 16.5 Å². The van der Waals surface area contributed by atoms with Gasteiger partial charge in [0.15, 0.2) is 0 Å². The standard InChI is InChI=1S/C23H21ClN2O3S2/c1-15-3-10-20(13-16(15)2)26-22(27)14-30-23(26)17-4-8-19(9-5-17)25-31(28,29)21-11-6-18(24)7-12-21/h3-13,23,25H,14H2,1-2H3. The van der Waals surface area contributed by atoms with Gasteiger partial charge in [0.25, 0.3) is 10.0 Å². The fourth-order valence-electron chi connectivity index (χ4n) is 3.37. The van der Waals surface area contributed by atoms with Gasteiger partial charge in [-0.05, 0) is 79.1 Å². The number of carbonyl (C=O) groups is 1. The van der Waals surface area contributed by atoms with E-state index < -0.39 is 10.0 Å². The zero-order valence-electron chi connectivity index (χ0n) is 17.0. The molecule has 1 saturated heterocycles. The highest BCUT2D eigenvalue weighted by atomic mass is 35.5. The van der Waals surface area contributed by atoms with Crippen molar-refractivity contribution in [3.63, 3.8) is 0 Å². The number of hydrogen-bond donors (Lipinski definition) is 1. The number of anilines is 2. The van der Waals surface area contributed by atoms with Crippen LogP contribution in [-0.2, 0) is 14.8 Å². The second-order valence-electron chi connectivity index (χ2n) is 7.38. The largest absolute Gasteiger partial charge is 0.295 e. The molecular weight excluding hydrogens is 452 g/mol. The van der Waals surface area contributed by atoms with Crippen LogP contribution in [0, 0.1) is 13.8 Å². The van der Waals surface area contributed by atoms with Crippen LogP contribution < -0.4 is 9.62 Å². The predicted octanol–water partition coefficient (Wildman–Crippen LogP) is 5.54. The molecule has 1 unspecified atom stereocenters. The van der Waals surface area contributed by atoms with Gasteiger partial charge in [0.2, 0.25) is 5.91 Å². The summed E-state index contributed by atoms with van der Waals surface area (Å²) in [4.78, 5) is 14.5. The lowest BCUT2D eigenvalue weighted by Crippen LogP contribution is -2.27. The molecule has 1 aliphatic heterocycles. The van der Waals surface area contributed by atoms with E-state index in [2.05, 4.69) is 4.72 Å². The molecular formula is C23H21ClN2O3S2. The van der Waals surface area contributed by atoms with Crippen LogP contribution in [0.3, 0.4) is 0 Å². The first-order chi connectivity index (χ1) is 14.7. The van der Waals surface area contributed by atoms with E-state index in [1.54, 1.807) is 23.9 Å². The van der Waals surface area contributed by atoms with Gasteiger partial charge < -0.3 is 0 Å². The van der Waals surface area contributed by atoms with Crippen LogP contribution in [-0.4, -0.2) is 20.1 Å². The van der Waals surface area contributed by atoms with Gasteiger partial charge in [0.05, 0.1) is 10.6 Å². The molecule has 1 amide bonds. The molecule has 0 aliphatic carbocycles. The summed E-state index contributed by atoms with van der Waals surface area (Å²) in [6, 6.07) is 19.1. The molecule has 1 fully saturated rings. The van der Waals surface area contributed by atoms with Crippen molar-refractivity contribution in [3.8, 4) is 0 Å². The molecule has 5 nitrogen and oxygen atoms in total. The third-order valence-electron chi connectivity index (χ3n) is 5.21. The molecule has 4 rings (SSSR count). The fraction of sp³-hybridized carbons (Fsp3) is 0.174. The molecule has 0 radical (unpaired) electrons. The number of hydrogen-bond acceptors (Lipinski definition) is 4. The quantitative estimate of drug-likeness (QED) is 0.529. The van der Waals surface area contributed by atoms with E-state index in [4.69, 9.17) is 11.6 Å². The molecule has 0 bridgehead atoms. The molecule has 3 aromatic carbocycles. The normalized spacial score (nSPS) is 16.5. The summed E-state index contributed by atoms with van der Waals surface area (Å²) in [5, 5.41) is 0.316. The number of nitrogens with one attached hydrogen (secondary N) is 1. The molecule has 31 heavy (non-hydrogen) atoms. The number of thioether (sulfide) groups is 1. The molecule has 1 heterocycles. The second kappa shape index (κ2) is 8.57. The van der Waals surface area contributed by atoms with Crippen LogP contribution >= 0.6 is 23.4 Å². The number of sulfonamides is 1. The number of halogens is 1. The lowest BCUT2D eigenvalue weighted by molar-refractivity contribution is -0.115. The Hall–Kier alpha value is -2.48. The van der Waals surface area contributed by atoms with E-state index in [9.17, 15) is 13.2 Å². The zero-order valence-corrected chi connectivity index (χ0v) is 19.4. The molecule has 3 aromatic rings. The number of rotatable bonds is 5. The third kappa shape index (κ3) is 4.59. The second-order valence-corrected chi connectivity index (χ2v) is 10.6. The zero-order chi connectivity index (χ0) is 22.2. The van der Waals surface area contributed by atoms with E-state index >= 15 is 0 Å². The molecule has 8 heteroatoms. The summed E-state index contributed by atoms with van der Waals surface area (Å²) in [7, 11) is -3.71. The predicted molar refractivity (Wildman–Crippen MR) is 127 cm³/mol. The van der Waals surface area contributed by atoms with Gasteiger partial charge in [-0.1, -0.05) is 29.8 Å². The first-order valence-electron chi connectivity index (χ1n) is 9.64. The monoisotopic (exact) mass is 472 g/mol. The van der Waals surface area contributed by atoms with E-state index in [0.717, 1.165) is 16.8 Å². The van der Waals surface area contributed by atoms with Gasteiger partial charge in [0.1, 0.15) is 5.37 Å². The maximum Gasteiger partial charge on any atom is 0.261 e. The first-order valence-corrected chi connectivity index (χ1v) is 12.5. The Labute approximate surface area is 191 Å². The van der Waals surface area contributed by atoms with Crippen molar-refractivity contribution < 1.29 is 13.2 Å². The van der Waals surface area contributed by atoms with Crippen LogP contribution in [0.1, 0.15) is 22.1 Å². The minimum Gasteiger partial charge on any atom is -0.295 e. The highest BCUT2D eigenvalue weighted by molar-refractivity contribution is 8.00. The van der Waals surface area contributed by atoms with E-state index in [-0.39, 0.29) is 16.2 Å². The summed E-state index contributed by atoms with van der Waals surface area (Å²) in [6.45, 7) is 4.07. The van der Waals surface area contributed by atoms with Crippen LogP contribution in [0.15, 0.2) is 71.6 Å². The lowest BCUT2D eigenvalue weighted by Gasteiger charge is -2.25. The van der Waals surface area contributed by atoms with Crippen molar-refractivity contribution in [2.45, 2.75) is 24.1 Å². The minimum absolute atomic E-state index is 0.0609. The van der Waals surface area contributed by atoms with Crippen molar-refractivity contribution >= 4 is 50.7 Å². The fourth-order valence-corrected chi connectivity index (χ4v) is 5.73. The van der Waals surface area contributed by atoms with E-state index in [1.165, 1.54) is 29.8 Å². The van der Waals surface area contributed by atoms with Gasteiger partial charge >= 0.3 is 0 Å². The molecule has 1 aliphatic rings. The Bertz CT molecular complexity index is 1230. The Balaban J connectivity index is 1.56. The van der Waals surface area contributed by atoms with Crippen molar-refractivity contribution in [2.75, 3.05) is 15.4 Å². The molecule has 1 N–H and O–H groups in total. The average molecular weight is 473 g/mol. The van der Waals surface area contributed by atoms with Gasteiger partial charge in [-0.2, -0.15) is 0 Å². The van der Waals surface area contributed by atoms with Crippen molar-refractivity contribution in [3.05, 3.63) is 88.4 Å². The van der Waals surface area contributed by atoms with Gasteiger partial charge in [-0.15, -0.1) is 11.8 Å². The summed E-state index contributed by atoms with van der Waals surface area (Å²) in [6.07, 6.45) is 0. The maximum atomic E-state index is 12.6. The smallest absolute Gasteiger partial charge is 0.261 e. The van der Waals surface area contributed by atoms with Gasteiger partial charge in [0, 0.05) is 16.4 Å². The van der Waals surface area contributed by atoms with Crippen molar-refractivity contribution in [1.29, 1.82) is 0 Å². The number of carbonyl (C=O) groups excluding carboxylic acids is 1. The van der Waals surface area contributed by atoms with Crippen LogP contribution in [0.5, 0.6) is 0 Å². The Morgan fingerprint density at radius 1 is 0.968 bits per heavy atom. The number of aryl methyl sites for hydroxylation is 2. The van der Waals surface area contributed by atoms with Gasteiger partial charge in [-0.3, -0.25) is 14.4 Å². The first kappa shape index (κ1) is 21.7. The van der Waals surface area contributed by atoms with Crippen LogP contribution in [0.2, 0.25) is 5.02 Å². The summed E-state index contributed by atoms with van der Waals surface area (Å²) >= 11 is 7.40. The number of benzene rings is 3. The topological polar surface area (TPSA) is 66.5 Å². The van der Waals surface area contributed by atoms with Crippen LogP contribution in [0.4, 0.5) is 11.4 Å². The van der Waals surface area contributed by atoms with E-state index in [1.807, 2.05) is 49.1 Å². The summed E-state index contributed by atoms with van der Waals surface area (Å²) in [5.41, 5.74) is 4.56. The third-order valence-corrected chi connectivity index (χ3v) is 8.07. The number of nitrogens with zero attached hydrogens (tertiary/aromatic N) is 1. The highest BCUT2D eigenvalue weighted by Gasteiger charge is 2.34. The molecule has 0 spiro atoms. The van der Waals surface area contributed by atoms with Crippen molar-refractivity contribution in [2.24, 2.45) is 0 Å². The Morgan fingerprint density at radius 2 is 1.65 bits per heavy atom. The highest BCUT2D eigenvalue weighted by Crippen LogP contribution is 2.42. The average Bonchev–Trinajstić information content (AvgIpc) is 3.12. The molecule has 160 valence electrons.